The van der Waals surface area contributed by atoms with Crippen molar-refractivity contribution in [3.8, 4) is 5.75 Å². The summed E-state index contributed by atoms with van der Waals surface area (Å²) in [5, 5.41) is 2.75. The zero-order valence-corrected chi connectivity index (χ0v) is 14.8. The highest BCUT2D eigenvalue weighted by atomic mass is 16.5. The Bertz CT molecular complexity index is 831. The maximum Gasteiger partial charge on any atom is 0.262 e. The van der Waals surface area contributed by atoms with Crippen molar-refractivity contribution in [1.82, 2.24) is 0 Å². The monoisotopic (exact) mass is 367 g/mol. The van der Waals surface area contributed by atoms with Crippen LogP contribution >= 0.6 is 0 Å². The Labute approximate surface area is 157 Å². The van der Waals surface area contributed by atoms with Gasteiger partial charge >= 0.3 is 0 Å². The van der Waals surface area contributed by atoms with Crippen LogP contribution in [0.1, 0.15) is 18.4 Å². The zero-order chi connectivity index (χ0) is 19.2. The summed E-state index contributed by atoms with van der Waals surface area (Å²) in [4.78, 5) is 36.4. The van der Waals surface area contributed by atoms with Gasteiger partial charge in [-0.05, 0) is 48.4 Å². The lowest BCUT2D eigenvalue weighted by atomic mass is 10.1. The standard InChI is InChI=1S/C20H21N3O4/c21-18(24)12-14-3-9-17(10-4-14)27-13-19(25)22-15-5-7-16(8-6-15)23-11-1-2-20(23)26/h3-10H,1-2,11-13H2,(H2,21,24)(H,22,25). The van der Waals surface area contributed by atoms with Crippen molar-refractivity contribution < 1.29 is 19.1 Å². The number of primary amides is 1. The minimum absolute atomic E-state index is 0.127. The first-order chi connectivity index (χ1) is 13.0. The van der Waals surface area contributed by atoms with Gasteiger partial charge in [0.1, 0.15) is 5.75 Å². The summed E-state index contributed by atoms with van der Waals surface area (Å²) in [6, 6.07) is 14.0. The van der Waals surface area contributed by atoms with Gasteiger partial charge in [0.05, 0.1) is 6.42 Å². The number of hydrogen-bond donors (Lipinski definition) is 2. The summed E-state index contributed by atoms with van der Waals surface area (Å²) in [6.45, 7) is 0.595. The van der Waals surface area contributed by atoms with Crippen molar-refractivity contribution in [2.45, 2.75) is 19.3 Å². The fourth-order valence-corrected chi connectivity index (χ4v) is 2.90. The smallest absolute Gasteiger partial charge is 0.262 e. The first-order valence-electron chi connectivity index (χ1n) is 8.71. The normalized spacial score (nSPS) is 13.5. The van der Waals surface area contributed by atoms with Gasteiger partial charge in [0.15, 0.2) is 6.61 Å². The molecule has 2 aromatic rings. The second-order valence-corrected chi connectivity index (χ2v) is 6.32. The second-order valence-electron chi connectivity index (χ2n) is 6.32. The van der Waals surface area contributed by atoms with E-state index in [0.717, 1.165) is 24.2 Å². The Morgan fingerprint density at radius 2 is 1.78 bits per heavy atom. The number of nitrogens with zero attached hydrogens (tertiary/aromatic N) is 1. The van der Waals surface area contributed by atoms with Crippen LogP contribution in [0.25, 0.3) is 0 Å². The number of carbonyl (C=O) groups excluding carboxylic acids is 3. The summed E-state index contributed by atoms with van der Waals surface area (Å²) in [7, 11) is 0. The van der Waals surface area contributed by atoms with Gasteiger partial charge in [-0.15, -0.1) is 0 Å². The molecule has 0 bridgehead atoms. The van der Waals surface area contributed by atoms with Crippen LogP contribution in [0.4, 0.5) is 11.4 Å². The molecule has 0 aliphatic carbocycles. The largest absolute Gasteiger partial charge is 0.484 e. The number of nitrogens with one attached hydrogen (secondary N) is 1. The van der Waals surface area contributed by atoms with E-state index in [4.69, 9.17) is 10.5 Å². The van der Waals surface area contributed by atoms with Crippen LogP contribution in [0.15, 0.2) is 48.5 Å². The van der Waals surface area contributed by atoms with Crippen LogP contribution in [0.5, 0.6) is 5.75 Å². The molecule has 140 valence electrons. The molecule has 1 heterocycles. The van der Waals surface area contributed by atoms with Gasteiger partial charge in [-0.25, -0.2) is 0 Å². The van der Waals surface area contributed by atoms with Gasteiger partial charge < -0.3 is 20.7 Å². The lowest BCUT2D eigenvalue weighted by Crippen LogP contribution is -2.23. The predicted molar refractivity (Wildman–Crippen MR) is 101 cm³/mol. The third kappa shape index (κ3) is 5.07. The van der Waals surface area contributed by atoms with Gasteiger partial charge in [0.2, 0.25) is 11.8 Å². The molecule has 27 heavy (non-hydrogen) atoms. The molecule has 3 N–H and O–H groups in total. The van der Waals surface area contributed by atoms with Gasteiger partial charge in [0, 0.05) is 24.3 Å². The number of carbonyl (C=O) groups is 3. The predicted octanol–water partition coefficient (Wildman–Crippen LogP) is 1.86. The van der Waals surface area contributed by atoms with Crippen molar-refractivity contribution in [2.75, 3.05) is 23.4 Å². The van der Waals surface area contributed by atoms with E-state index >= 15 is 0 Å². The minimum atomic E-state index is -0.400. The van der Waals surface area contributed by atoms with E-state index < -0.39 is 5.91 Å². The average molecular weight is 367 g/mol. The van der Waals surface area contributed by atoms with Gasteiger partial charge in [-0.2, -0.15) is 0 Å². The fourth-order valence-electron chi connectivity index (χ4n) is 2.90. The van der Waals surface area contributed by atoms with E-state index in [1.807, 2.05) is 12.1 Å². The molecule has 0 spiro atoms. The highest BCUT2D eigenvalue weighted by Crippen LogP contribution is 2.23. The van der Waals surface area contributed by atoms with Gasteiger partial charge in [-0.3, -0.25) is 14.4 Å². The topological polar surface area (TPSA) is 102 Å². The lowest BCUT2D eigenvalue weighted by Gasteiger charge is -2.16. The summed E-state index contributed by atoms with van der Waals surface area (Å²) < 4.78 is 5.44. The average Bonchev–Trinajstić information content (AvgIpc) is 3.07. The zero-order valence-electron chi connectivity index (χ0n) is 14.8. The molecule has 1 fully saturated rings. The number of rotatable bonds is 7. The summed E-state index contributed by atoms with van der Waals surface area (Å²) in [6.07, 6.45) is 1.62. The van der Waals surface area contributed by atoms with E-state index in [9.17, 15) is 14.4 Å². The second kappa shape index (κ2) is 8.35. The van der Waals surface area contributed by atoms with Crippen LogP contribution in [-0.2, 0) is 20.8 Å². The number of nitrogens with two attached hydrogens (primary N) is 1. The van der Waals surface area contributed by atoms with Crippen molar-refractivity contribution in [2.24, 2.45) is 5.73 Å². The Balaban J connectivity index is 1.49. The number of ether oxygens (including phenoxy) is 1. The van der Waals surface area contributed by atoms with Crippen molar-refractivity contribution >= 4 is 29.1 Å². The molecule has 0 radical (unpaired) electrons. The Kier molecular flexibility index (Phi) is 5.71. The minimum Gasteiger partial charge on any atom is -0.484 e. The SMILES string of the molecule is NC(=O)Cc1ccc(OCC(=O)Nc2ccc(N3CCCC3=O)cc2)cc1. The Morgan fingerprint density at radius 3 is 2.37 bits per heavy atom. The molecule has 1 saturated heterocycles. The van der Waals surface area contributed by atoms with Crippen LogP contribution in [0.2, 0.25) is 0 Å². The third-order valence-corrected chi connectivity index (χ3v) is 4.21. The Hall–Kier alpha value is -3.35. The first-order valence-corrected chi connectivity index (χ1v) is 8.71. The van der Waals surface area contributed by atoms with Crippen LogP contribution < -0.4 is 20.7 Å². The molecule has 7 nitrogen and oxygen atoms in total. The van der Waals surface area contributed by atoms with Crippen LogP contribution in [0, 0.1) is 0 Å². The third-order valence-electron chi connectivity index (χ3n) is 4.21. The van der Waals surface area contributed by atoms with E-state index in [0.29, 0.717) is 17.9 Å². The summed E-state index contributed by atoms with van der Waals surface area (Å²) in [5.74, 6) is -0.0346. The number of amides is 3. The molecule has 0 unspecified atom stereocenters. The Morgan fingerprint density at radius 1 is 1.07 bits per heavy atom. The molecule has 1 aliphatic heterocycles. The van der Waals surface area contributed by atoms with Crippen molar-refractivity contribution in [3.63, 3.8) is 0 Å². The highest BCUT2D eigenvalue weighted by Gasteiger charge is 2.21. The molecule has 3 rings (SSSR count). The highest BCUT2D eigenvalue weighted by molar-refractivity contribution is 5.96. The van der Waals surface area contributed by atoms with Crippen molar-refractivity contribution in [3.05, 3.63) is 54.1 Å². The number of benzene rings is 2. The molecular formula is C20H21N3O4. The maximum absolute atomic E-state index is 12.0. The summed E-state index contributed by atoms with van der Waals surface area (Å²) >= 11 is 0. The molecule has 0 atom stereocenters. The quantitative estimate of drug-likeness (QED) is 0.780. The molecule has 2 aromatic carbocycles. The van der Waals surface area contributed by atoms with Crippen molar-refractivity contribution in [1.29, 1.82) is 0 Å². The number of hydrogen-bond acceptors (Lipinski definition) is 4. The molecular weight excluding hydrogens is 346 g/mol. The van der Waals surface area contributed by atoms with Crippen LogP contribution in [0.3, 0.4) is 0 Å². The molecule has 7 heteroatoms. The molecule has 0 aromatic heterocycles. The summed E-state index contributed by atoms with van der Waals surface area (Å²) in [5.41, 5.74) is 7.40. The van der Waals surface area contributed by atoms with E-state index in [1.54, 1.807) is 41.3 Å². The molecule has 0 saturated carbocycles. The lowest BCUT2D eigenvalue weighted by molar-refractivity contribution is -0.118. The van der Waals surface area contributed by atoms with Gasteiger partial charge in [-0.1, -0.05) is 12.1 Å². The molecule has 1 aliphatic rings. The van der Waals surface area contributed by atoms with Gasteiger partial charge in [0.25, 0.3) is 5.91 Å². The van der Waals surface area contributed by atoms with Crippen LogP contribution in [-0.4, -0.2) is 30.9 Å². The fraction of sp³-hybridized carbons (Fsp3) is 0.250. The van der Waals surface area contributed by atoms with E-state index in [-0.39, 0.29) is 24.8 Å². The van der Waals surface area contributed by atoms with E-state index in [1.165, 1.54) is 0 Å². The first kappa shape index (κ1) is 18.4. The van der Waals surface area contributed by atoms with E-state index in [2.05, 4.69) is 5.32 Å². The molecule has 3 amide bonds. The maximum atomic E-state index is 12.0. The number of anilines is 2.